The summed E-state index contributed by atoms with van der Waals surface area (Å²) in [6.07, 6.45) is 6.91. The number of sulfonamides is 4. The number of carbonyl (C=O) groups is 2. The summed E-state index contributed by atoms with van der Waals surface area (Å²) >= 11 is 0. The van der Waals surface area contributed by atoms with Crippen molar-refractivity contribution in [3.05, 3.63) is 189 Å². The predicted octanol–water partition coefficient (Wildman–Crippen LogP) is 5.19. The SMILES string of the molecule is COC(=O)c1cc2c(cn1)CN(S(=O)(=O)c1ccc3c(c1)OCCO3)C2.N#Cc1cc2c(cn1)CN(S(=O)(=O)c1ccc3c(c1)OCCO3)C2.O=Cc1cc2c(cn1)CN(S(=O)(=O)c1ccc3c(c1)OCCO3)C2.O=S(=O)(c1ccc2c(c1)OCCO2)N1Cc2cnc(CO)cc2C1. The van der Waals surface area contributed by atoms with Crippen molar-refractivity contribution in [3.8, 4) is 52.1 Å². The number of pyridine rings is 4. The van der Waals surface area contributed by atoms with E-state index in [0.29, 0.717) is 117 Å². The second-order valence-corrected chi connectivity index (χ2v) is 30.4. The van der Waals surface area contributed by atoms with Gasteiger partial charge in [-0.1, -0.05) is 0 Å². The maximum absolute atomic E-state index is 13.0. The number of esters is 1. The number of methoxy groups -OCH3 is 1. The molecule has 8 aliphatic rings. The van der Waals surface area contributed by atoms with Gasteiger partial charge in [-0.3, -0.25) is 14.8 Å². The van der Waals surface area contributed by atoms with Crippen LogP contribution in [0.1, 0.15) is 76.9 Å². The highest BCUT2D eigenvalue weighted by molar-refractivity contribution is 7.90. The fourth-order valence-electron chi connectivity index (χ4n) is 11.5. The van der Waals surface area contributed by atoms with E-state index in [0.717, 1.165) is 44.5 Å². The number of nitriles is 1. The molecule has 4 aromatic carbocycles. The summed E-state index contributed by atoms with van der Waals surface area (Å²) in [5.74, 6) is 3.37. The number of ether oxygens (including phenoxy) is 9. The minimum atomic E-state index is -3.72. The lowest BCUT2D eigenvalue weighted by atomic mass is 10.1. The maximum atomic E-state index is 13.0. The first kappa shape index (κ1) is 66.7. The Balaban J connectivity index is 0.000000118. The second-order valence-electron chi connectivity index (χ2n) is 22.7. The molecule has 0 saturated carbocycles. The molecule has 0 amide bonds. The third-order valence-electron chi connectivity index (χ3n) is 16.6. The maximum Gasteiger partial charge on any atom is 0.356 e. The molecule has 0 saturated heterocycles. The number of aromatic nitrogens is 4. The number of aliphatic hydroxyl groups is 1. The van der Waals surface area contributed by atoms with Gasteiger partial charge in [-0.05, 0) is 117 Å². The van der Waals surface area contributed by atoms with E-state index in [4.69, 9.17) is 48.3 Å². The Morgan fingerprint density at radius 1 is 0.439 bits per heavy atom. The number of benzene rings is 4. The molecule has 1 N–H and O–H groups in total. The molecule has 508 valence electrons. The number of rotatable bonds is 11. The van der Waals surface area contributed by atoms with Gasteiger partial charge in [0.25, 0.3) is 0 Å². The summed E-state index contributed by atoms with van der Waals surface area (Å²) in [5, 5.41) is 18.1. The molecular weight excluding hydrogens is 1360 g/mol. The summed E-state index contributed by atoms with van der Waals surface area (Å²) < 4.78 is 157. The zero-order valence-corrected chi connectivity index (χ0v) is 55.3. The number of nitrogens with zero attached hydrogens (tertiary/aromatic N) is 9. The summed E-state index contributed by atoms with van der Waals surface area (Å²) in [6, 6.07) is 27.0. The van der Waals surface area contributed by atoms with E-state index < -0.39 is 46.1 Å². The van der Waals surface area contributed by atoms with Crippen molar-refractivity contribution in [2.24, 2.45) is 0 Å². The number of hydrogen-bond acceptors (Lipinski definition) is 25. The Hall–Kier alpha value is -9.89. The van der Waals surface area contributed by atoms with E-state index in [-0.39, 0.29) is 89.9 Å². The van der Waals surface area contributed by atoms with Crippen molar-refractivity contribution in [1.29, 1.82) is 5.26 Å². The van der Waals surface area contributed by atoms with Crippen molar-refractivity contribution in [1.82, 2.24) is 37.2 Å². The topological polar surface area (TPSA) is 362 Å². The van der Waals surface area contributed by atoms with Crippen LogP contribution < -0.4 is 37.9 Å². The lowest BCUT2D eigenvalue weighted by Gasteiger charge is -2.20. The third kappa shape index (κ3) is 13.6. The van der Waals surface area contributed by atoms with E-state index in [2.05, 4.69) is 24.7 Å². The van der Waals surface area contributed by atoms with E-state index in [1.807, 2.05) is 6.07 Å². The van der Waals surface area contributed by atoms with Crippen LogP contribution in [0.15, 0.2) is 141 Å². The summed E-state index contributed by atoms with van der Waals surface area (Å²) in [4.78, 5) is 39.2. The highest BCUT2D eigenvalue weighted by atomic mass is 32.2. The largest absolute Gasteiger partial charge is 0.486 e. The van der Waals surface area contributed by atoms with Crippen LogP contribution in [0.4, 0.5) is 0 Å². The molecule has 0 aliphatic carbocycles. The van der Waals surface area contributed by atoms with Gasteiger partial charge in [0.15, 0.2) is 52.3 Å². The van der Waals surface area contributed by atoms with Crippen LogP contribution in [0.2, 0.25) is 0 Å². The fraction of sp³-hybridized carbons (Fsp3) is 0.277. The summed E-state index contributed by atoms with van der Waals surface area (Å²) in [7, 11) is -13.5. The predicted molar refractivity (Wildman–Crippen MR) is 340 cm³/mol. The Morgan fingerprint density at radius 2 is 0.755 bits per heavy atom. The smallest absolute Gasteiger partial charge is 0.356 e. The second kappa shape index (κ2) is 27.6. The standard InChI is InChI=1S/C17H16N2O6S.C16H13N3O4S.C16H16N2O5S.C16H14N2O5S/c1-23-17(20)14-6-11-9-19(10-12(11)8-18-14)26(21,22)13-2-3-15-16(7-13)25-5-4-24-15;17-7-13-5-11-9-19(10-12(11)8-18-13)24(20,21)14-1-2-15-16(6-14)23-4-3-22-15;2*19-10-13-5-11-8-18(9-12(11)7-17-13)24(20,21)14-1-2-15-16(6-14)23-4-3-22-15/h2-3,6-8H,4-5,9-10H2,1H3;1-2,5-6,8H,3-4,9-10H2;1-2,5-7,19H,3-4,8-10H2;1-2,5-7,10H,3-4,8-9H2. The molecule has 98 heavy (non-hydrogen) atoms. The first-order chi connectivity index (χ1) is 47.2. The van der Waals surface area contributed by atoms with Gasteiger partial charge in [0.1, 0.15) is 76.0 Å². The Bertz CT molecular complexity index is 5020. The van der Waals surface area contributed by atoms with Crippen LogP contribution in [0.25, 0.3) is 0 Å². The van der Waals surface area contributed by atoms with Crippen molar-refractivity contribution in [2.45, 2.75) is 78.5 Å². The highest BCUT2D eigenvalue weighted by Gasteiger charge is 2.37. The number of aliphatic hydroxyl groups excluding tert-OH is 1. The Kier molecular flexibility index (Phi) is 18.8. The minimum Gasteiger partial charge on any atom is -0.486 e. The zero-order chi connectivity index (χ0) is 68.5. The first-order valence-corrected chi connectivity index (χ1v) is 36.0. The van der Waals surface area contributed by atoms with Crippen LogP contribution in [0.3, 0.4) is 0 Å². The molecule has 8 aromatic rings. The molecule has 8 aliphatic heterocycles. The summed E-state index contributed by atoms with van der Waals surface area (Å²) in [5.41, 5.74) is 7.73. The van der Waals surface area contributed by atoms with Crippen LogP contribution in [0.5, 0.6) is 46.0 Å². The molecule has 33 heteroatoms. The fourth-order valence-corrected chi connectivity index (χ4v) is 17.2. The number of carbonyl (C=O) groups excluding carboxylic acids is 2. The first-order valence-electron chi connectivity index (χ1n) is 30.3. The van der Waals surface area contributed by atoms with Crippen LogP contribution in [-0.4, -0.2) is 148 Å². The normalized spacial score (nSPS) is 16.5. The van der Waals surface area contributed by atoms with Crippen molar-refractivity contribution in [3.63, 3.8) is 0 Å². The van der Waals surface area contributed by atoms with Gasteiger partial charge in [-0.2, -0.15) is 22.5 Å². The third-order valence-corrected chi connectivity index (χ3v) is 23.7. The highest BCUT2D eigenvalue weighted by Crippen LogP contribution is 2.40. The molecule has 0 unspecified atom stereocenters. The minimum absolute atomic E-state index is 0.135. The van der Waals surface area contributed by atoms with E-state index in [1.54, 1.807) is 67.1 Å². The van der Waals surface area contributed by atoms with Gasteiger partial charge in [0.2, 0.25) is 40.1 Å². The number of aldehydes is 1. The quantitative estimate of drug-likeness (QED) is 0.128. The van der Waals surface area contributed by atoms with Gasteiger partial charge < -0.3 is 47.7 Å². The molecule has 0 radical (unpaired) electrons. The van der Waals surface area contributed by atoms with Gasteiger partial charge in [0, 0.05) is 101 Å². The molecule has 0 bridgehead atoms. The number of fused-ring (bicyclic) bond motifs is 8. The molecule has 4 aromatic heterocycles. The zero-order valence-electron chi connectivity index (χ0n) is 52.0. The van der Waals surface area contributed by atoms with E-state index in [1.165, 1.54) is 79.1 Å². The van der Waals surface area contributed by atoms with Gasteiger partial charge in [0.05, 0.1) is 39.0 Å². The lowest BCUT2D eigenvalue weighted by molar-refractivity contribution is 0.0593. The monoisotopic (exact) mass is 1410 g/mol. The molecule has 0 spiro atoms. The van der Waals surface area contributed by atoms with Crippen LogP contribution in [0, 0.1) is 11.3 Å². The van der Waals surface area contributed by atoms with Gasteiger partial charge >= 0.3 is 5.97 Å². The van der Waals surface area contributed by atoms with Gasteiger partial charge in [-0.25, -0.2) is 48.4 Å². The molecular formula is C65H59N9O20S4. The molecule has 0 atom stereocenters. The summed E-state index contributed by atoms with van der Waals surface area (Å²) in [6.45, 7) is 5.03. The molecule has 12 heterocycles. The molecule has 29 nitrogen and oxygen atoms in total. The van der Waals surface area contributed by atoms with E-state index >= 15 is 0 Å². The van der Waals surface area contributed by atoms with Gasteiger partial charge in [-0.15, -0.1) is 0 Å². The number of hydrogen-bond donors (Lipinski definition) is 1. The lowest BCUT2D eigenvalue weighted by Crippen LogP contribution is -2.26. The average molecular weight is 1410 g/mol. The van der Waals surface area contributed by atoms with E-state index in [9.17, 15) is 43.3 Å². The van der Waals surface area contributed by atoms with Crippen molar-refractivity contribution >= 4 is 52.3 Å². The van der Waals surface area contributed by atoms with Crippen LogP contribution >= 0.6 is 0 Å². The average Bonchev–Trinajstić information content (AvgIpc) is 1.56. The van der Waals surface area contributed by atoms with Crippen molar-refractivity contribution in [2.75, 3.05) is 60.0 Å². The molecule has 0 fully saturated rings. The Labute approximate surface area is 562 Å². The Morgan fingerprint density at radius 3 is 1.11 bits per heavy atom. The van der Waals surface area contributed by atoms with Crippen molar-refractivity contribution < 1.29 is 91.0 Å². The van der Waals surface area contributed by atoms with Crippen LogP contribution in [-0.2, 0) is 104 Å². The molecule has 16 rings (SSSR count).